The van der Waals surface area contributed by atoms with Gasteiger partial charge >= 0.3 is 12.1 Å². The number of halogens is 3. The number of hydrogen-bond acceptors (Lipinski definition) is 5. The summed E-state index contributed by atoms with van der Waals surface area (Å²) >= 11 is 3.89. The van der Waals surface area contributed by atoms with Gasteiger partial charge < -0.3 is 10.1 Å². The van der Waals surface area contributed by atoms with Crippen LogP contribution < -0.4 is 5.32 Å². The Kier molecular flexibility index (Phi) is 5.64. The molecule has 1 heterocycles. The summed E-state index contributed by atoms with van der Waals surface area (Å²) in [6.07, 6.45) is -4.62. The monoisotopic (exact) mass is 325 g/mol. The van der Waals surface area contributed by atoms with Crippen molar-refractivity contribution < 1.29 is 27.5 Å². The fourth-order valence-corrected chi connectivity index (χ4v) is 1.74. The molecule has 0 aliphatic rings. The predicted octanol–water partition coefficient (Wildman–Crippen LogP) is 1.03. The number of carbonyl (C=O) groups excluding carboxylic acids is 2. The third kappa shape index (κ3) is 4.38. The number of aryl methyl sites for hydroxylation is 1. The minimum absolute atomic E-state index is 0.0520. The van der Waals surface area contributed by atoms with Crippen LogP contribution in [-0.2, 0) is 22.8 Å². The van der Waals surface area contributed by atoms with Crippen LogP contribution in [0, 0.1) is 0 Å². The van der Waals surface area contributed by atoms with E-state index in [1.807, 2.05) is 0 Å². The normalized spacial score (nSPS) is 12.9. The van der Waals surface area contributed by atoms with Gasteiger partial charge in [-0.25, -0.2) is 4.79 Å². The van der Waals surface area contributed by atoms with Crippen molar-refractivity contribution in [1.29, 1.82) is 0 Å². The van der Waals surface area contributed by atoms with Crippen LogP contribution in [0.15, 0.2) is 6.07 Å². The lowest BCUT2D eigenvalue weighted by atomic mass is 10.3. The second kappa shape index (κ2) is 6.83. The van der Waals surface area contributed by atoms with Crippen LogP contribution in [-0.4, -0.2) is 40.1 Å². The molecule has 0 spiro atoms. The first-order valence-electron chi connectivity index (χ1n) is 5.90. The number of rotatable bonds is 5. The number of thiol groups is 1. The Morgan fingerprint density at radius 2 is 2.14 bits per heavy atom. The van der Waals surface area contributed by atoms with Crippen LogP contribution in [0.25, 0.3) is 0 Å². The van der Waals surface area contributed by atoms with Crippen molar-refractivity contribution in [1.82, 2.24) is 15.1 Å². The Morgan fingerprint density at radius 1 is 1.52 bits per heavy atom. The summed E-state index contributed by atoms with van der Waals surface area (Å²) in [6, 6.07) is -0.451. The number of hydrogen-bond donors (Lipinski definition) is 2. The summed E-state index contributed by atoms with van der Waals surface area (Å²) < 4.78 is 43.1. The number of nitrogens with one attached hydrogen (secondary N) is 1. The van der Waals surface area contributed by atoms with Crippen molar-refractivity contribution >= 4 is 24.5 Å². The van der Waals surface area contributed by atoms with Gasteiger partial charge in [0.2, 0.25) is 0 Å². The molecule has 0 aromatic carbocycles. The van der Waals surface area contributed by atoms with Crippen molar-refractivity contribution in [3.05, 3.63) is 17.5 Å². The second-order valence-electron chi connectivity index (χ2n) is 4.00. The quantitative estimate of drug-likeness (QED) is 0.626. The fraction of sp³-hybridized carbons (Fsp3) is 0.545. The van der Waals surface area contributed by atoms with Crippen LogP contribution in [0.5, 0.6) is 0 Å². The molecule has 1 atom stereocenters. The molecule has 1 aromatic heterocycles. The second-order valence-corrected chi connectivity index (χ2v) is 4.36. The number of amides is 1. The first-order chi connectivity index (χ1) is 9.70. The molecule has 10 heteroatoms. The average Bonchev–Trinajstić information content (AvgIpc) is 2.78. The summed E-state index contributed by atoms with van der Waals surface area (Å²) in [7, 11) is 1.07. The van der Waals surface area contributed by atoms with E-state index in [1.54, 1.807) is 6.92 Å². The minimum Gasteiger partial charge on any atom is -0.464 e. The van der Waals surface area contributed by atoms with Crippen LogP contribution in [0.1, 0.15) is 23.1 Å². The van der Waals surface area contributed by atoms with Crippen LogP contribution in [0.2, 0.25) is 0 Å². The van der Waals surface area contributed by atoms with E-state index in [0.717, 1.165) is 7.05 Å². The maximum Gasteiger partial charge on any atom is 0.433 e. The molecule has 21 heavy (non-hydrogen) atoms. The van der Waals surface area contributed by atoms with Crippen molar-refractivity contribution in [2.75, 3.05) is 12.4 Å². The molecule has 0 unspecified atom stereocenters. The third-order valence-electron chi connectivity index (χ3n) is 2.46. The molecule has 1 N–H and O–H groups in total. The van der Waals surface area contributed by atoms with Gasteiger partial charge in [0.05, 0.1) is 6.61 Å². The van der Waals surface area contributed by atoms with Crippen LogP contribution >= 0.6 is 12.6 Å². The van der Waals surface area contributed by atoms with Gasteiger partial charge in [-0.2, -0.15) is 30.9 Å². The van der Waals surface area contributed by atoms with E-state index >= 15 is 0 Å². The Morgan fingerprint density at radius 3 is 2.57 bits per heavy atom. The Hall–Kier alpha value is -1.71. The SMILES string of the molecule is CCOC(=O)[C@H](CS)NC(=O)c1cc(C(F)(F)F)n(C)n1. The van der Waals surface area contributed by atoms with Gasteiger partial charge in [0.1, 0.15) is 11.7 Å². The van der Waals surface area contributed by atoms with E-state index in [1.165, 1.54) is 0 Å². The smallest absolute Gasteiger partial charge is 0.433 e. The molecule has 1 amide bonds. The van der Waals surface area contributed by atoms with Gasteiger partial charge in [0.15, 0.2) is 5.69 Å². The van der Waals surface area contributed by atoms with Crippen molar-refractivity contribution in [3.63, 3.8) is 0 Å². The molecule has 0 aliphatic carbocycles. The molecule has 0 saturated carbocycles. The predicted molar refractivity (Wildman–Crippen MR) is 70.0 cm³/mol. The zero-order valence-corrected chi connectivity index (χ0v) is 12.2. The average molecular weight is 325 g/mol. The molecule has 0 bridgehead atoms. The topological polar surface area (TPSA) is 73.2 Å². The van der Waals surface area contributed by atoms with E-state index in [9.17, 15) is 22.8 Å². The summed E-state index contributed by atoms with van der Waals surface area (Å²) in [5, 5.41) is 5.70. The number of carbonyl (C=O) groups is 2. The summed E-state index contributed by atoms with van der Waals surface area (Å²) in [5.74, 6) is -1.68. The Labute approximate surface area is 124 Å². The number of esters is 1. The van der Waals surface area contributed by atoms with Gasteiger partial charge in [0, 0.05) is 18.9 Å². The zero-order chi connectivity index (χ0) is 16.2. The van der Waals surface area contributed by atoms with Crippen molar-refractivity contribution in [2.24, 2.45) is 7.05 Å². The molecule has 0 saturated heterocycles. The van der Waals surface area contributed by atoms with Crippen LogP contribution in [0.3, 0.4) is 0 Å². The first kappa shape index (κ1) is 17.3. The molecule has 118 valence electrons. The molecular formula is C11H14F3N3O3S. The fourth-order valence-electron chi connectivity index (χ4n) is 1.50. The summed E-state index contributed by atoms with van der Waals surface area (Å²) in [6.45, 7) is 1.70. The van der Waals surface area contributed by atoms with Gasteiger partial charge in [-0.3, -0.25) is 9.48 Å². The summed E-state index contributed by atoms with van der Waals surface area (Å²) in [5.41, 5.74) is -1.51. The minimum atomic E-state index is -4.62. The zero-order valence-electron chi connectivity index (χ0n) is 11.3. The van der Waals surface area contributed by atoms with Crippen molar-refractivity contribution in [2.45, 2.75) is 19.1 Å². The highest BCUT2D eigenvalue weighted by Gasteiger charge is 2.36. The lowest BCUT2D eigenvalue weighted by molar-refractivity contribution is -0.145. The number of aromatic nitrogens is 2. The third-order valence-corrected chi connectivity index (χ3v) is 2.83. The Balaban J connectivity index is 2.87. The maximum atomic E-state index is 12.6. The molecule has 0 radical (unpaired) electrons. The van der Waals surface area contributed by atoms with Gasteiger partial charge in [-0.15, -0.1) is 0 Å². The van der Waals surface area contributed by atoms with E-state index in [2.05, 4.69) is 23.0 Å². The van der Waals surface area contributed by atoms with Gasteiger partial charge in [-0.05, 0) is 6.92 Å². The Bertz CT molecular complexity index is 531. The van der Waals surface area contributed by atoms with Gasteiger partial charge in [-0.1, -0.05) is 0 Å². The lowest BCUT2D eigenvalue weighted by Gasteiger charge is -2.13. The number of alkyl halides is 3. The standard InChI is InChI=1S/C11H14F3N3O3S/c1-3-20-10(19)7(5-21)15-9(18)6-4-8(11(12,13)14)17(2)16-6/h4,7,21H,3,5H2,1-2H3,(H,15,18)/t7-/m0/s1. The molecule has 6 nitrogen and oxygen atoms in total. The molecular weight excluding hydrogens is 311 g/mol. The van der Waals surface area contributed by atoms with E-state index in [4.69, 9.17) is 4.74 Å². The largest absolute Gasteiger partial charge is 0.464 e. The van der Waals surface area contributed by atoms with E-state index < -0.39 is 35.5 Å². The van der Waals surface area contributed by atoms with Crippen molar-refractivity contribution in [3.8, 4) is 0 Å². The van der Waals surface area contributed by atoms with E-state index in [0.29, 0.717) is 10.7 Å². The van der Waals surface area contributed by atoms with E-state index in [-0.39, 0.29) is 12.4 Å². The van der Waals surface area contributed by atoms with Crippen LogP contribution in [0.4, 0.5) is 13.2 Å². The first-order valence-corrected chi connectivity index (χ1v) is 6.53. The summed E-state index contributed by atoms with van der Waals surface area (Å²) in [4.78, 5) is 23.3. The molecule has 1 aromatic rings. The molecule has 0 fully saturated rings. The van der Waals surface area contributed by atoms with Gasteiger partial charge in [0.25, 0.3) is 5.91 Å². The number of ether oxygens (including phenoxy) is 1. The highest BCUT2D eigenvalue weighted by atomic mass is 32.1. The molecule has 1 rings (SSSR count). The maximum absolute atomic E-state index is 12.6. The highest BCUT2D eigenvalue weighted by molar-refractivity contribution is 7.80. The highest BCUT2D eigenvalue weighted by Crippen LogP contribution is 2.29. The molecule has 0 aliphatic heterocycles. The lowest BCUT2D eigenvalue weighted by Crippen LogP contribution is -2.43. The number of nitrogens with zero attached hydrogens (tertiary/aromatic N) is 2.